The molecule has 0 fully saturated rings. The molecule has 182 valence electrons. The second-order valence-corrected chi connectivity index (χ2v) is 8.30. The number of rotatable bonds is 9. The van der Waals surface area contributed by atoms with Crippen molar-refractivity contribution in [3.63, 3.8) is 0 Å². The molecule has 3 amide bonds. The fourth-order valence-electron chi connectivity index (χ4n) is 3.67. The molecule has 3 rings (SSSR count). The van der Waals surface area contributed by atoms with Gasteiger partial charge in [-0.3, -0.25) is 4.79 Å². The Bertz CT molecular complexity index is 1010. The molecule has 1 atom stereocenters. The number of urea groups is 1. The summed E-state index contributed by atoms with van der Waals surface area (Å²) in [4.78, 5) is 27.5. The number of benzene rings is 2. The summed E-state index contributed by atoms with van der Waals surface area (Å²) in [5.74, 6) is 0.0373. The summed E-state index contributed by atoms with van der Waals surface area (Å²) in [7, 11) is 3.13. The average molecular weight is 471 g/mol. The van der Waals surface area contributed by atoms with Crippen LogP contribution in [0.25, 0.3) is 0 Å². The maximum Gasteiger partial charge on any atom is 0.318 e. The summed E-state index contributed by atoms with van der Waals surface area (Å²) in [6.07, 6.45) is 0.458. The summed E-state index contributed by atoms with van der Waals surface area (Å²) < 4.78 is 23.8. The Balaban J connectivity index is 1.88. The average Bonchev–Trinajstić information content (AvgIpc) is 3.27. The molecule has 0 aromatic heterocycles. The molecule has 9 heteroatoms. The molecule has 0 aliphatic carbocycles. The second-order valence-electron chi connectivity index (χ2n) is 8.30. The van der Waals surface area contributed by atoms with Gasteiger partial charge in [-0.05, 0) is 49.2 Å². The van der Waals surface area contributed by atoms with Gasteiger partial charge in [-0.1, -0.05) is 24.3 Å². The fraction of sp³-hybridized carbons (Fsp3) is 0.400. The van der Waals surface area contributed by atoms with Crippen LogP contribution in [0.4, 0.5) is 9.18 Å². The Labute approximate surface area is 199 Å². The molecule has 0 radical (unpaired) electrons. The lowest BCUT2D eigenvalue weighted by Crippen LogP contribution is -2.48. The third-order valence-electron chi connectivity index (χ3n) is 5.43. The lowest BCUT2D eigenvalue weighted by atomic mass is 9.98. The van der Waals surface area contributed by atoms with Crippen molar-refractivity contribution in [3.8, 4) is 5.75 Å². The Morgan fingerprint density at radius 1 is 1.15 bits per heavy atom. The third kappa shape index (κ3) is 6.32. The molecular weight excluding hydrogens is 439 g/mol. The molecule has 0 bridgehead atoms. The van der Waals surface area contributed by atoms with Gasteiger partial charge in [0.15, 0.2) is 0 Å². The standard InChI is InChI=1S/C25H31FN4O4/c1-17(2)27-25(32)29(13-14-33-3)16-24(31)30-23(19-7-11-21(34-4)12-8-19)15-22(28-30)18-5-9-20(26)10-6-18/h5-12,17,23H,13-16H2,1-4H3,(H,27,32)/t23-/m0/s1. The molecule has 1 N–H and O–H groups in total. The number of carbonyl (C=O) groups excluding carboxylic acids is 2. The van der Waals surface area contributed by atoms with Crippen molar-refractivity contribution < 1.29 is 23.5 Å². The van der Waals surface area contributed by atoms with Crippen LogP contribution >= 0.6 is 0 Å². The first-order chi connectivity index (χ1) is 16.3. The number of hydrazone groups is 1. The number of nitrogens with one attached hydrogen (secondary N) is 1. The fourth-order valence-corrected chi connectivity index (χ4v) is 3.67. The predicted molar refractivity (Wildman–Crippen MR) is 127 cm³/mol. The highest BCUT2D eigenvalue weighted by Gasteiger charge is 2.34. The molecule has 34 heavy (non-hydrogen) atoms. The van der Waals surface area contributed by atoms with Gasteiger partial charge in [-0.15, -0.1) is 0 Å². The van der Waals surface area contributed by atoms with Crippen molar-refractivity contribution >= 4 is 17.6 Å². The minimum absolute atomic E-state index is 0.0745. The quantitative estimate of drug-likeness (QED) is 0.607. The Hall–Kier alpha value is -3.46. The van der Waals surface area contributed by atoms with Crippen LogP contribution in [0.5, 0.6) is 5.75 Å². The van der Waals surface area contributed by atoms with Crippen LogP contribution in [-0.2, 0) is 9.53 Å². The highest BCUT2D eigenvalue weighted by atomic mass is 19.1. The predicted octanol–water partition coefficient (Wildman–Crippen LogP) is 3.58. The van der Waals surface area contributed by atoms with Crippen LogP contribution in [0.2, 0.25) is 0 Å². The first kappa shape index (κ1) is 25.2. The molecule has 0 unspecified atom stereocenters. The Morgan fingerprint density at radius 3 is 2.41 bits per heavy atom. The van der Waals surface area contributed by atoms with Crippen LogP contribution in [0.1, 0.15) is 37.4 Å². The van der Waals surface area contributed by atoms with E-state index < -0.39 is 0 Å². The zero-order valence-electron chi connectivity index (χ0n) is 20.0. The Kier molecular flexibility index (Phi) is 8.59. The summed E-state index contributed by atoms with van der Waals surface area (Å²) in [5, 5.41) is 8.84. The second kappa shape index (κ2) is 11.6. The molecule has 2 aromatic rings. The summed E-state index contributed by atoms with van der Waals surface area (Å²) >= 11 is 0. The van der Waals surface area contributed by atoms with E-state index in [2.05, 4.69) is 10.4 Å². The summed E-state index contributed by atoms with van der Waals surface area (Å²) in [6, 6.07) is 12.7. The van der Waals surface area contributed by atoms with Crippen molar-refractivity contribution in [1.29, 1.82) is 0 Å². The normalized spacial score (nSPS) is 15.3. The molecule has 0 saturated carbocycles. The van der Waals surface area contributed by atoms with Crippen molar-refractivity contribution in [1.82, 2.24) is 15.2 Å². The van der Waals surface area contributed by atoms with E-state index in [1.807, 2.05) is 38.1 Å². The lowest BCUT2D eigenvalue weighted by Gasteiger charge is -2.27. The molecule has 1 aliphatic heterocycles. The van der Waals surface area contributed by atoms with Crippen molar-refractivity contribution in [2.75, 3.05) is 33.9 Å². The summed E-state index contributed by atoms with van der Waals surface area (Å²) in [5.41, 5.74) is 2.29. The highest BCUT2D eigenvalue weighted by molar-refractivity contribution is 6.03. The number of ether oxygens (including phenoxy) is 2. The van der Waals surface area contributed by atoms with Crippen LogP contribution in [0.15, 0.2) is 53.6 Å². The lowest BCUT2D eigenvalue weighted by molar-refractivity contribution is -0.133. The molecule has 8 nitrogen and oxygen atoms in total. The first-order valence-electron chi connectivity index (χ1n) is 11.2. The number of hydrogen-bond donors (Lipinski definition) is 1. The number of methoxy groups -OCH3 is 2. The number of nitrogens with zero attached hydrogens (tertiary/aromatic N) is 3. The summed E-state index contributed by atoms with van der Waals surface area (Å²) in [6.45, 7) is 4.11. The van der Waals surface area contributed by atoms with E-state index >= 15 is 0 Å². The molecule has 0 saturated heterocycles. The number of halogens is 1. The van der Waals surface area contributed by atoms with Gasteiger partial charge in [-0.2, -0.15) is 5.10 Å². The molecule has 1 aliphatic rings. The smallest absolute Gasteiger partial charge is 0.318 e. The molecular formula is C25H31FN4O4. The van der Waals surface area contributed by atoms with Gasteiger partial charge >= 0.3 is 6.03 Å². The van der Waals surface area contributed by atoms with Crippen molar-refractivity contribution in [3.05, 3.63) is 65.5 Å². The number of carbonyl (C=O) groups is 2. The van der Waals surface area contributed by atoms with E-state index in [0.717, 1.165) is 11.1 Å². The van der Waals surface area contributed by atoms with Crippen molar-refractivity contribution in [2.45, 2.75) is 32.4 Å². The Morgan fingerprint density at radius 2 is 1.82 bits per heavy atom. The van der Waals surface area contributed by atoms with Gasteiger partial charge in [0.1, 0.15) is 18.1 Å². The minimum Gasteiger partial charge on any atom is -0.497 e. The van der Waals surface area contributed by atoms with E-state index in [-0.39, 0.29) is 42.9 Å². The van der Waals surface area contributed by atoms with E-state index in [9.17, 15) is 14.0 Å². The monoisotopic (exact) mass is 470 g/mol. The van der Waals surface area contributed by atoms with Gasteiger partial charge in [0, 0.05) is 26.1 Å². The molecule has 1 heterocycles. The van der Waals surface area contributed by atoms with Crippen LogP contribution in [0.3, 0.4) is 0 Å². The van der Waals surface area contributed by atoms with E-state index in [4.69, 9.17) is 9.47 Å². The van der Waals surface area contributed by atoms with Gasteiger partial charge < -0.3 is 19.7 Å². The van der Waals surface area contributed by atoms with Gasteiger partial charge in [0.05, 0.1) is 25.5 Å². The maximum absolute atomic E-state index is 13.4. The zero-order valence-corrected chi connectivity index (χ0v) is 20.0. The SMILES string of the molecule is COCCN(CC(=O)N1N=C(c2ccc(F)cc2)C[C@H]1c1ccc(OC)cc1)C(=O)NC(C)C. The van der Waals surface area contributed by atoms with Crippen LogP contribution in [0, 0.1) is 5.82 Å². The minimum atomic E-state index is -0.365. The molecule has 0 spiro atoms. The topological polar surface area (TPSA) is 83.5 Å². The number of amides is 3. The van der Waals surface area contributed by atoms with E-state index in [1.54, 1.807) is 26.4 Å². The largest absolute Gasteiger partial charge is 0.497 e. The first-order valence-corrected chi connectivity index (χ1v) is 11.2. The van der Waals surface area contributed by atoms with Crippen LogP contribution in [-0.4, -0.2) is 67.5 Å². The van der Waals surface area contributed by atoms with Gasteiger partial charge in [0.25, 0.3) is 5.91 Å². The van der Waals surface area contributed by atoms with E-state index in [1.165, 1.54) is 22.0 Å². The molecule has 2 aromatic carbocycles. The third-order valence-corrected chi connectivity index (χ3v) is 5.43. The van der Waals surface area contributed by atoms with Crippen LogP contribution < -0.4 is 10.1 Å². The highest BCUT2D eigenvalue weighted by Crippen LogP contribution is 2.33. The maximum atomic E-state index is 13.4. The van der Waals surface area contributed by atoms with Crippen molar-refractivity contribution in [2.24, 2.45) is 5.10 Å². The van der Waals surface area contributed by atoms with Gasteiger partial charge in [0.2, 0.25) is 0 Å². The van der Waals surface area contributed by atoms with Gasteiger partial charge in [-0.25, -0.2) is 14.2 Å². The zero-order chi connectivity index (χ0) is 24.7. The van der Waals surface area contributed by atoms with E-state index in [0.29, 0.717) is 24.5 Å². The number of hydrogen-bond acceptors (Lipinski definition) is 5.